The molecule has 1 unspecified atom stereocenters. The van der Waals surface area contributed by atoms with Crippen molar-refractivity contribution >= 4 is 17.9 Å². The fraction of sp³-hybridized carbons (Fsp3) is 0.759. The van der Waals surface area contributed by atoms with Crippen molar-refractivity contribution < 1.29 is 28.6 Å². The van der Waals surface area contributed by atoms with Gasteiger partial charge in [-0.2, -0.15) is 0 Å². The van der Waals surface area contributed by atoms with Crippen molar-refractivity contribution in [1.82, 2.24) is 0 Å². The average Bonchev–Trinajstić information content (AvgIpc) is 3.24. The van der Waals surface area contributed by atoms with Gasteiger partial charge in [0, 0.05) is 19.3 Å². The Kier molecular flexibility index (Phi) is 46.4. The van der Waals surface area contributed by atoms with E-state index in [0.717, 1.165) is 103 Å². The highest BCUT2D eigenvalue weighted by Gasteiger charge is 2.19. The lowest BCUT2D eigenvalue weighted by molar-refractivity contribution is -0.167. The minimum absolute atomic E-state index is 0.0869. The van der Waals surface area contributed by atoms with Crippen LogP contribution in [0.15, 0.2) is 60.8 Å². The molecule has 0 aliphatic heterocycles. The van der Waals surface area contributed by atoms with Gasteiger partial charge in [0.15, 0.2) is 6.10 Å². The van der Waals surface area contributed by atoms with Gasteiger partial charge in [-0.1, -0.05) is 191 Å². The van der Waals surface area contributed by atoms with E-state index >= 15 is 0 Å². The zero-order valence-electron chi connectivity index (χ0n) is 39.5. The number of hydrogen-bond donors (Lipinski definition) is 0. The van der Waals surface area contributed by atoms with Crippen LogP contribution in [0.1, 0.15) is 245 Å². The fourth-order valence-electron chi connectivity index (χ4n) is 6.85. The van der Waals surface area contributed by atoms with Crippen molar-refractivity contribution in [3.8, 4) is 0 Å². The molecule has 0 N–H and O–H groups in total. The second kappa shape index (κ2) is 48.8. The predicted octanol–water partition coefficient (Wildman–Crippen LogP) is 16.5. The summed E-state index contributed by atoms with van der Waals surface area (Å²) in [5.74, 6) is -0.918. The number of rotatable bonds is 45. The van der Waals surface area contributed by atoms with E-state index in [2.05, 4.69) is 81.5 Å². The van der Waals surface area contributed by atoms with Crippen LogP contribution in [0.4, 0.5) is 0 Å². The molecule has 0 aliphatic carbocycles. The summed E-state index contributed by atoms with van der Waals surface area (Å²) in [5.41, 5.74) is 0. The van der Waals surface area contributed by atoms with E-state index in [4.69, 9.17) is 14.2 Å². The Morgan fingerprint density at radius 1 is 0.350 bits per heavy atom. The zero-order chi connectivity index (χ0) is 43.7. The zero-order valence-corrected chi connectivity index (χ0v) is 39.5. The summed E-state index contributed by atoms with van der Waals surface area (Å²) in [6, 6.07) is 0. The molecule has 0 aliphatic rings. The van der Waals surface area contributed by atoms with Crippen molar-refractivity contribution in [3.05, 3.63) is 60.8 Å². The molecule has 0 radical (unpaired) electrons. The van der Waals surface area contributed by atoms with Crippen molar-refractivity contribution in [2.45, 2.75) is 252 Å². The third-order valence-corrected chi connectivity index (χ3v) is 10.7. The van der Waals surface area contributed by atoms with Gasteiger partial charge in [0.05, 0.1) is 0 Å². The maximum absolute atomic E-state index is 12.8. The average molecular weight is 839 g/mol. The Morgan fingerprint density at radius 2 is 0.667 bits per heavy atom. The Labute approximate surface area is 370 Å². The third kappa shape index (κ3) is 46.2. The number of esters is 3. The lowest BCUT2D eigenvalue weighted by Crippen LogP contribution is -2.30. The maximum Gasteiger partial charge on any atom is 0.306 e. The molecule has 0 bridgehead atoms. The molecule has 60 heavy (non-hydrogen) atoms. The smallest absolute Gasteiger partial charge is 0.306 e. The molecule has 0 rings (SSSR count). The van der Waals surface area contributed by atoms with Gasteiger partial charge >= 0.3 is 17.9 Å². The predicted molar refractivity (Wildman–Crippen MR) is 256 cm³/mol. The standard InChI is InChI=1S/C54H94O6/c1-4-7-10-13-16-19-22-24-26-27-29-30-32-35-38-41-44-47-53(56)59-50-51(49-58-52(55)46-43-40-37-34-21-18-15-12-9-6-3)60-54(57)48-45-42-39-36-33-31-28-25-23-20-17-14-11-8-5-2/h15-20,23-26,51H,4-14,21-22,27-50H2,1-3H3/b18-15-,19-16-,20-17-,25-23-,26-24-. The Bertz CT molecular complexity index is 1100. The maximum atomic E-state index is 12.8. The third-order valence-electron chi connectivity index (χ3n) is 10.7. The molecule has 0 aromatic heterocycles. The van der Waals surface area contributed by atoms with E-state index in [1.165, 1.54) is 103 Å². The van der Waals surface area contributed by atoms with Crippen LogP contribution in [0.25, 0.3) is 0 Å². The lowest BCUT2D eigenvalue weighted by Gasteiger charge is -2.18. The van der Waals surface area contributed by atoms with E-state index in [1.807, 2.05) is 0 Å². The number of hydrogen-bond acceptors (Lipinski definition) is 6. The van der Waals surface area contributed by atoms with Crippen molar-refractivity contribution in [1.29, 1.82) is 0 Å². The van der Waals surface area contributed by atoms with Crippen molar-refractivity contribution in [2.24, 2.45) is 0 Å². The second-order valence-electron chi connectivity index (χ2n) is 16.7. The summed E-state index contributed by atoms with van der Waals surface area (Å²) in [5, 5.41) is 0. The van der Waals surface area contributed by atoms with Gasteiger partial charge in [0.2, 0.25) is 0 Å². The largest absolute Gasteiger partial charge is 0.462 e. The van der Waals surface area contributed by atoms with E-state index in [9.17, 15) is 14.4 Å². The number of carbonyl (C=O) groups is 3. The fourth-order valence-corrected chi connectivity index (χ4v) is 6.85. The Hall–Kier alpha value is -2.89. The van der Waals surface area contributed by atoms with Gasteiger partial charge in [-0.3, -0.25) is 14.4 Å². The molecule has 0 saturated heterocycles. The van der Waals surface area contributed by atoms with E-state index in [1.54, 1.807) is 0 Å². The van der Waals surface area contributed by atoms with Gasteiger partial charge in [0.25, 0.3) is 0 Å². The van der Waals surface area contributed by atoms with Gasteiger partial charge in [-0.15, -0.1) is 0 Å². The topological polar surface area (TPSA) is 78.9 Å². The highest BCUT2D eigenvalue weighted by atomic mass is 16.6. The number of unbranched alkanes of at least 4 members (excludes halogenated alkanes) is 25. The summed E-state index contributed by atoms with van der Waals surface area (Å²) >= 11 is 0. The van der Waals surface area contributed by atoms with E-state index in [-0.39, 0.29) is 31.1 Å². The molecule has 0 aromatic rings. The lowest BCUT2D eigenvalue weighted by atomic mass is 10.1. The normalized spacial score (nSPS) is 12.5. The van der Waals surface area contributed by atoms with Crippen molar-refractivity contribution in [2.75, 3.05) is 13.2 Å². The van der Waals surface area contributed by atoms with Crippen LogP contribution in [-0.2, 0) is 28.6 Å². The number of allylic oxidation sites excluding steroid dienone is 10. The molecule has 0 aromatic carbocycles. The van der Waals surface area contributed by atoms with Gasteiger partial charge in [-0.25, -0.2) is 0 Å². The summed E-state index contributed by atoms with van der Waals surface area (Å²) in [6.45, 7) is 6.51. The van der Waals surface area contributed by atoms with Crippen LogP contribution in [0.3, 0.4) is 0 Å². The molecule has 0 spiro atoms. The second-order valence-corrected chi connectivity index (χ2v) is 16.7. The number of carbonyl (C=O) groups excluding carboxylic acids is 3. The molecular weight excluding hydrogens is 745 g/mol. The monoisotopic (exact) mass is 839 g/mol. The van der Waals surface area contributed by atoms with Gasteiger partial charge in [-0.05, 0) is 96.3 Å². The minimum Gasteiger partial charge on any atom is -0.462 e. The molecule has 1 atom stereocenters. The highest BCUT2D eigenvalue weighted by Crippen LogP contribution is 2.14. The van der Waals surface area contributed by atoms with Crippen LogP contribution in [0.2, 0.25) is 0 Å². The van der Waals surface area contributed by atoms with Crippen LogP contribution in [0.5, 0.6) is 0 Å². The van der Waals surface area contributed by atoms with E-state index in [0.29, 0.717) is 19.3 Å². The first-order chi connectivity index (χ1) is 29.5. The molecule has 6 nitrogen and oxygen atoms in total. The first-order valence-electron chi connectivity index (χ1n) is 25.3. The molecule has 0 heterocycles. The Balaban J connectivity index is 4.38. The Morgan fingerprint density at radius 3 is 1.08 bits per heavy atom. The van der Waals surface area contributed by atoms with Gasteiger partial charge < -0.3 is 14.2 Å². The van der Waals surface area contributed by atoms with Crippen LogP contribution >= 0.6 is 0 Å². The summed E-state index contributed by atoms with van der Waals surface area (Å²) < 4.78 is 16.7. The molecule has 0 amide bonds. The van der Waals surface area contributed by atoms with Crippen LogP contribution in [-0.4, -0.2) is 37.2 Å². The van der Waals surface area contributed by atoms with Crippen LogP contribution < -0.4 is 0 Å². The van der Waals surface area contributed by atoms with Crippen LogP contribution in [0, 0.1) is 0 Å². The number of ether oxygens (including phenoxy) is 3. The van der Waals surface area contributed by atoms with E-state index < -0.39 is 6.10 Å². The minimum atomic E-state index is -0.786. The quantitative estimate of drug-likeness (QED) is 0.0200. The molecule has 0 saturated carbocycles. The molecular formula is C54H94O6. The first-order valence-corrected chi connectivity index (χ1v) is 25.3. The first kappa shape index (κ1) is 57.1. The molecule has 0 fully saturated rings. The summed E-state index contributed by atoms with van der Waals surface area (Å²) in [4.78, 5) is 37.9. The SMILES string of the molecule is CCCC/C=C\CCCCCCC(=O)OCC(COC(=O)CCCCCCCCC/C=C\C/C=C\CCCCC)OC(=O)CCCCCCCC/C=C\C=C/CCCCC. The summed E-state index contributed by atoms with van der Waals surface area (Å²) in [6.07, 6.45) is 59.1. The summed E-state index contributed by atoms with van der Waals surface area (Å²) in [7, 11) is 0. The highest BCUT2D eigenvalue weighted by molar-refractivity contribution is 5.71. The van der Waals surface area contributed by atoms with Gasteiger partial charge in [0.1, 0.15) is 13.2 Å². The van der Waals surface area contributed by atoms with Crippen molar-refractivity contribution in [3.63, 3.8) is 0 Å². The molecule has 346 valence electrons. The molecule has 6 heteroatoms.